The van der Waals surface area contributed by atoms with Crippen LogP contribution < -0.4 is 0 Å². The van der Waals surface area contributed by atoms with Gasteiger partial charge in [-0.15, -0.1) is 0 Å². The zero-order valence-electron chi connectivity index (χ0n) is 10.0. The van der Waals surface area contributed by atoms with Crippen molar-refractivity contribution in [3.05, 3.63) is 11.6 Å². The molecule has 0 amide bonds. The van der Waals surface area contributed by atoms with E-state index in [0.717, 1.165) is 12.3 Å². The van der Waals surface area contributed by atoms with Crippen LogP contribution in [0.5, 0.6) is 0 Å². The van der Waals surface area contributed by atoms with Gasteiger partial charge in [0.25, 0.3) is 0 Å². The summed E-state index contributed by atoms with van der Waals surface area (Å²) in [5.74, 6) is 0.683. The maximum absolute atomic E-state index is 10.3. The van der Waals surface area contributed by atoms with E-state index in [2.05, 4.69) is 19.9 Å². The molecule has 3 nitrogen and oxygen atoms in total. The van der Waals surface area contributed by atoms with Crippen LogP contribution in [0.4, 0.5) is 0 Å². The average molecular weight is 224 g/mol. The van der Waals surface area contributed by atoms with Crippen molar-refractivity contribution in [1.29, 1.82) is 0 Å². The Bertz CT molecular complexity index is 317. The van der Waals surface area contributed by atoms with Gasteiger partial charge in [0.05, 0.1) is 6.61 Å². The highest BCUT2D eigenvalue weighted by atomic mass is 16.5. The molecule has 16 heavy (non-hydrogen) atoms. The lowest BCUT2D eigenvalue weighted by Gasteiger charge is -2.56. The van der Waals surface area contributed by atoms with Gasteiger partial charge in [-0.25, -0.2) is 4.79 Å². The lowest BCUT2D eigenvalue weighted by Crippen LogP contribution is -2.48. The van der Waals surface area contributed by atoms with E-state index < -0.39 is 5.97 Å². The monoisotopic (exact) mass is 224 g/mol. The van der Waals surface area contributed by atoms with E-state index in [1.807, 2.05) is 0 Å². The van der Waals surface area contributed by atoms with Gasteiger partial charge in [0, 0.05) is 0 Å². The van der Waals surface area contributed by atoms with Crippen LogP contribution in [0.25, 0.3) is 0 Å². The number of aliphatic carboxylic acids is 1. The van der Waals surface area contributed by atoms with Crippen molar-refractivity contribution in [3.8, 4) is 0 Å². The molecule has 1 N–H and O–H groups in total. The van der Waals surface area contributed by atoms with E-state index >= 15 is 0 Å². The molecule has 2 atom stereocenters. The van der Waals surface area contributed by atoms with Crippen LogP contribution in [-0.4, -0.2) is 24.3 Å². The molecule has 0 saturated heterocycles. The van der Waals surface area contributed by atoms with Gasteiger partial charge in [-0.05, 0) is 36.5 Å². The largest absolute Gasteiger partial charge is 0.480 e. The molecule has 0 radical (unpaired) electrons. The van der Waals surface area contributed by atoms with Crippen LogP contribution >= 0.6 is 0 Å². The maximum Gasteiger partial charge on any atom is 0.329 e. The third-order valence-corrected chi connectivity index (χ3v) is 4.34. The lowest BCUT2D eigenvalue weighted by atomic mass is 9.48. The smallest absolute Gasteiger partial charge is 0.329 e. The summed E-state index contributed by atoms with van der Waals surface area (Å²) < 4.78 is 5.09. The molecule has 3 rings (SSSR count). The topological polar surface area (TPSA) is 46.5 Å². The normalized spacial score (nSPS) is 30.5. The Balaban J connectivity index is 1.78. The summed E-state index contributed by atoms with van der Waals surface area (Å²) in [6.45, 7) is 5.05. The van der Waals surface area contributed by atoms with Gasteiger partial charge in [0.2, 0.25) is 0 Å². The summed E-state index contributed by atoms with van der Waals surface area (Å²) in [6.07, 6.45) is 5.75. The van der Waals surface area contributed by atoms with Crippen molar-refractivity contribution in [2.45, 2.75) is 33.1 Å². The number of fused-ring (bicyclic) bond motifs is 1. The Kier molecular flexibility index (Phi) is 3.06. The third-order valence-electron chi connectivity index (χ3n) is 4.34. The highest BCUT2D eigenvalue weighted by Crippen LogP contribution is 2.59. The summed E-state index contributed by atoms with van der Waals surface area (Å²) in [6, 6.07) is 0. The molecule has 0 spiro atoms. The van der Waals surface area contributed by atoms with Crippen molar-refractivity contribution >= 4 is 5.97 Å². The fourth-order valence-corrected chi connectivity index (χ4v) is 3.11. The van der Waals surface area contributed by atoms with E-state index in [1.165, 1.54) is 18.4 Å². The molecule has 0 heterocycles. The van der Waals surface area contributed by atoms with Crippen molar-refractivity contribution in [2.24, 2.45) is 17.3 Å². The molecule has 3 aliphatic rings. The highest BCUT2D eigenvalue weighted by molar-refractivity contribution is 5.67. The number of hydrogen-bond acceptors (Lipinski definition) is 2. The molecule has 90 valence electrons. The second kappa shape index (κ2) is 4.21. The van der Waals surface area contributed by atoms with Gasteiger partial charge in [0.1, 0.15) is 6.61 Å². The van der Waals surface area contributed by atoms with Crippen LogP contribution in [0.15, 0.2) is 11.6 Å². The van der Waals surface area contributed by atoms with Gasteiger partial charge < -0.3 is 9.84 Å². The van der Waals surface area contributed by atoms with Crippen LogP contribution in [0, 0.1) is 17.3 Å². The first-order chi connectivity index (χ1) is 7.51. The number of ether oxygens (including phenoxy) is 1. The molecular formula is C13H20O3. The predicted molar refractivity (Wildman–Crippen MR) is 61.1 cm³/mol. The van der Waals surface area contributed by atoms with E-state index in [0.29, 0.717) is 17.9 Å². The Morgan fingerprint density at radius 3 is 2.94 bits per heavy atom. The fraction of sp³-hybridized carbons (Fsp3) is 0.769. The molecule has 0 aromatic heterocycles. The molecule has 2 bridgehead atoms. The van der Waals surface area contributed by atoms with Gasteiger partial charge in [-0.2, -0.15) is 0 Å². The number of rotatable bonds is 5. The fourth-order valence-electron chi connectivity index (χ4n) is 3.11. The summed E-state index contributed by atoms with van der Waals surface area (Å²) in [4.78, 5) is 10.3. The van der Waals surface area contributed by atoms with Crippen molar-refractivity contribution in [1.82, 2.24) is 0 Å². The van der Waals surface area contributed by atoms with Gasteiger partial charge in [-0.3, -0.25) is 0 Å². The van der Waals surface area contributed by atoms with Gasteiger partial charge in [0.15, 0.2) is 0 Å². The number of carboxylic acid groups (broad SMARTS) is 1. The maximum atomic E-state index is 10.3. The minimum Gasteiger partial charge on any atom is -0.480 e. The van der Waals surface area contributed by atoms with Gasteiger partial charge >= 0.3 is 5.97 Å². The molecule has 3 heteroatoms. The van der Waals surface area contributed by atoms with E-state index in [-0.39, 0.29) is 6.61 Å². The Labute approximate surface area is 96.5 Å². The molecule has 1 fully saturated rings. The number of allylic oxidation sites excluding steroid dienone is 1. The molecule has 0 aromatic rings. The zero-order chi connectivity index (χ0) is 11.8. The number of carbonyl (C=O) groups is 1. The van der Waals surface area contributed by atoms with Crippen LogP contribution in [-0.2, 0) is 9.53 Å². The first-order valence-corrected chi connectivity index (χ1v) is 6.00. The Hall–Kier alpha value is -0.830. The van der Waals surface area contributed by atoms with Crippen LogP contribution in [0.2, 0.25) is 0 Å². The molecule has 1 saturated carbocycles. The van der Waals surface area contributed by atoms with Crippen molar-refractivity contribution in [2.75, 3.05) is 13.2 Å². The number of hydrogen-bond donors (Lipinski definition) is 1. The minimum atomic E-state index is -0.887. The second-order valence-corrected chi connectivity index (χ2v) is 5.52. The summed E-state index contributed by atoms with van der Waals surface area (Å²) in [7, 11) is 0. The minimum absolute atomic E-state index is 0.177. The quantitative estimate of drug-likeness (QED) is 0.576. The third kappa shape index (κ3) is 2.01. The zero-order valence-corrected chi connectivity index (χ0v) is 10.0. The second-order valence-electron chi connectivity index (χ2n) is 5.52. The standard InChI is InChI=1S/C13H20O3/c1-13(2)10-4-3-9(11(13)7-10)5-6-16-8-12(14)15/h3,10-11H,4-8H2,1-2H3,(H,14,15). The molecule has 0 aromatic carbocycles. The Morgan fingerprint density at radius 1 is 1.62 bits per heavy atom. The summed E-state index contributed by atoms with van der Waals surface area (Å²) in [5.41, 5.74) is 1.94. The Morgan fingerprint density at radius 2 is 2.38 bits per heavy atom. The van der Waals surface area contributed by atoms with Gasteiger partial charge in [-0.1, -0.05) is 25.5 Å². The van der Waals surface area contributed by atoms with E-state index in [4.69, 9.17) is 9.84 Å². The van der Waals surface area contributed by atoms with Crippen LogP contribution in [0.3, 0.4) is 0 Å². The molecular weight excluding hydrogens is 204 g/mol. The summed E-state index contributed by atoms with van der Waals surface area (Å²) >= 11 is 0. The predicted octanol–water partition coefficient (Wildman–Crippen LogP) is 2.47. The molecule has 2 unspecified atom stereocenters. The molecule has 0 aliphatic heterocycles. The first-order valence-electron chi connectivity index (χ1n) is 6.00. The summed E-state index contributed by atoms with van der Waals surface area (Å²) in [5, 5.41) is 8.45. The SMILES string of the molecule is CC1(C)C2CC=C(CCOCC(=O)O)C1C2. The van der Waals surface area contributed by atoms with Crippen molar-refractivity contribution in [3.63, 3.8) is 0 Å². The lowest BCUT2D eigenvalue weighted by molar-refractivity contribution is -0.142. The van der Waals surface area contributed by atoms with E-state index in [1.54, 1.807) is 0 Å². The van der Waals surface area contributed by atoms with Crippen molar-refractivity contribution < 1.29 is 14.6 Å². The van der Waals surface area contributed by atoms with E-state index in [9.17, 15) is 4.79 Å². The highest BCUT2D eigenvalue weighted by Gasteiger charge is 2.50. The van der Waals surface area contributed by atoms with Crippen LogP contribution in [0.1, 0.15) is 33.1 Å². The number of carboxylic acids is 1. The molecule has 3 aliphatic carbocycles. The first kappa shape index (κ1) is 11.6. The average Bonchev–Trinajstić information content (AvgIpc) is 2.24.